The summed E-state index contributed by atoms with van der Waals surface area (Å²) >= 11 is 2.83. The number of hydrogen-bond donors (Lipinski definition) is 0. The van der Waals surface area contributed by atoms with Crippen molar-refractivity contribution in [2.45, 2.75) is 6.92 Å². The van der Waals surface area contributed by atoms with Crippen LogP contribution in [0.1, 0.15) is 11.1 Å². The van der Waals surface area contributed by atoms with Crippen LogP contribution in [0.25, 0.3) is 6.08 Å². The number of rotatable bonds is 2. The molecule has 0 bridgehead atoms. The van der Waals surface area contributed by atoms with Crippen molar-refractivity contribution in [3.8, 4) is 0 Å². The summed E-state index contributed by atoms with van der Waals surface area (Å²) in [6, 6.07) is 8.08. The van der Waals surface area contributed by atoms with Gasteiger partial charge in [0.2, 0.25) is 5.13 Å². The van der Waals surface area contributed by atoms with Gasteiger partial charge in [-0.05, 0) is 30.3 Å². The number of thioether (sulfide) groups is 1. The number of amides is 1. The van der Waals surface area contributed by atoms with E-state index in [-0.39, 0.29) is 5.91 Å². The quantitative estimate of drug-likeness (QED) is 0.794. The molecule has 0 aliphatic carbocycles. The fourth-order valence-corrected chi connectivity index (χ4v) is 3.35. The first-order valence-corrected chi connectivity index (χ1v) is 8.05. The Morgan fingerprint density at radius 3 is 2.71 bits per heavy atom. The minimum Gasteiger partial charge on any atom is -0.289 e. The Morgan fingerprint density at radius 1 is 1.29 bits per heavy atom. The summed E-state index contributed by atoms with van der Waals surface area (Å²) in [5.41, 5.74) is 2.21. The summed E-state index contributed by atoms with van der Waals surface area (Å²) in [5.74, 6) is -0.0316. The maximum absolute atomic E-state index is 12.3. The molecule has 3 rings (SSSR count). The number of aromatic nitrogens is 1. The van der Waals surface area contributed by atoms with Crippen molar-refractivity contribution in [3.63, 3.8) is 0 Å². The molecule has 2 heterocycles. The van der Waals surface area contributed by atoms with Crippen LogP contribution >= 0.6 is 23.1 Å². The van der Waals surface area contributed by atoms with Gasteiger partial charge >= 0.3 is 0 Å². The van der Waals surface area contributed by atoms with Crippen molar-refractivity contribution in [2.75, 3.05) is 7.05 Å². The fraction of sp³-hybridized carbons (Fsp3) is 0.133. The van der Waals surface area contributed by atoms with Gasteiger partial charge in [-0.25, -0.2) is 4.98 Å². The number of carbonyl (C=O) groups excluding carboxylic acids is 1. The third-order valence-corrected chi connectivity index (χ3v) is 4.71. The molecule has 1 fully saturated rings. The molecule has 1 aromatic heterocycles. The molecule has 1 amide bonds. The van der Waals surface area contributed by atoms with E-state index in [1.165, 1.54) is 28.7 Å². The Balaban J connectivity index is 1.88. The highest BCUT2D eigenvalue weighted by molar-refractivity contribution is 8.18. The summed E-state index contributed by atoms with van der Waals surface area (Å²) in [4.78, 5) is 23.0. The van der Waals surface area contributed by atoms with Crippen LogP contribution in [0.5, 0.6) is 0 Å². The van der Waals surface area contributed by atoms with Gasteiger partial charge in [-0.3, -0.25) is 9.69 Å². The first-order valence-electron chi connectivity index (χ1n) is 6.36. The lowest BCUT2D eigenvalue weighted by Crippen LogP contribution is -2.23. The Bertz CT molecular complexity index is 718. The van der Waals surface area contributed by atoms with Gasteiger partial charge in [0.05, 0.1) is 4.91 Å². The second kappa shape index (κ2) is 5.83. The molecule has 106 valence electrons. The molecule has 0 radical (unpaired) electrons. The van der Waals surface area contributed by atoms with E-state index in [9.17, 15) is 4.79 Å². The SMILES string of the molecule is Cc1ccc(/C=C2\S/C(=N/c3nccs3)N(C)C2=O)cc1. The van der Waals surface area contributed by atoms with E-state index in [0.29, 0.717) is 15.2 Å². The normalized spacial score (nSPS) is 19.0. The number of benzene rings is 1. The molecule has 0 N–H and O–H groups in total. The van der Waals surface area contributed by atoms with Crippen LogP contribution in [0.15, 0.2) is 45.7 Å². The maximum atomic E-state index is 12.3. The number of carbonyl (C=O) groups is 1. The molecule has 1 aliphatic heterocycles. The van der Waals surface area contributed by atoms with E-state index in [1.807, 2.05) is 42.6 Å². The zero-order valence-corrected chi connectivity index (χ0v) is 13.2. The summed E-state index contributed by atoms with van der Waals surface area (Å²) < 4.78 is 0. The van der Waals surface area contributed by atoms with Crippen molar-refractivity contribution in [1.82, 2.24) is 9.88 Å². The van der Waals surface area contributed by atoms with Crippen LogP contribution < -0.4 is 0 Å². The molecule has 0 atom stereocenters. The summed E-state index contributed by atoms with van der Waals surface area (Å²) in [6.07, 6.45) is 3.60. The highest BCUT2D eigenvalue weighted by Crippen LogP contribution is 2.33. The summed E-state index contributed by atoms with van der Waals surface area (Å²) in [5, 5.41) is 3.19. The second-order valence-electron chi connectivity index (χ2n) is 4.59. The number of aliphatic imine (C=N–C) groups is 1. The van der Waals surface area contributed by atoms with Gasteiger partial charge in [0.25, 0.3) is 5.91 Å². The molecule has 1 aliphatic rings. The van der Waals surface area contributed by atoms with Crippen LogP contribution in [0.4, 0.5) is 5.13 Å². The third-order valence-electron chi connectivity index (χ3n) is 2.99. The molecule has 4 nitrogen and oxygen atoms in total. The smallest absolute Gasteiger partial charge is 0.266 e. The lowest BCUT2D eigenvalue weighted by atomic mass is 10.1. The maximum Gasteiger partial charge on any atom is 0.266 e. The summed E-state index contributed by atoms with van der Waals surface area (Å²) in [7, 11) is 1.73. The molecular formula is C15H13N3OS2. The molecule has 2 aromatic rings. The molecule has 1 aromatic carbocycles. The first-order chi connectivity index (χ1) is 10.1. The van der Waals surface area contributed by atoms with E-state index < -0.39 is 0 Å². The standard InChI is InChI=1S/C15H13N3OS2/c1-10-3-5-11(6-4-10)9-12-13(19)18(2)15(21-12)17-14-16-7-8-20-14/h3-9H,1-2H3/b12-9-,17-15+. The number of hydrogen-bond acceptors (Lipinski definition) is 5. The van der Waals surface area contributed by atoms with E-state index in [2.05, 4.69) is 9.98 Å². The van der Waals surface area contributed by atoms with Gasteiger partial charge in [-0.2, -0.15) is 4.99 Å². The van der Waals surface area contributed by atoms with Crippen molar-refractivity contribution < 1.29 is 4.79 Å². The van der Waals surface area contributed by atoms with Gasteiger partial charge < -0.3 is 0 Å². The molecular weight excluding hydrogens is 302 g/mol. The van der Waals surface area contributed by atoms with Crippen molar-refractivity contribution in [2.24, 2.45) is 4.99 Å². The average Bonchev–Trinajstić information content (AvgIpc) is 3.07. The number of amidine groups is 1. The highest BCUT2D eigenvalue weighted by Gasteiger charge is 2.30. The number of aryl methyl sites for hydroxylation is 1. The van der Waals surface area contributed by atoms with Crippen LogP contribution in [-0.2, 0) is 4.79 Å². The highest BCUT2D eigenvalue weighted by atomic mass is 32.2. The van der Waals surface area contributed by atoms with Crippen LogP contribution in [0, 0.1) is 6.92 Å². The van der Waals surface area contributed by atoms with Gasteiger partial charge in [0.1, 0.15) is 0 Å². The monoisotopic (exact) mass is 315 g/mol. The Labute approximate surface area is 131 Å². The second-order valence-corrected chi connectivity index (χ2v) is 6.48. The van der Waals surface area contributed by atoms with Crippen LogP contribution in [0.2, 0.25) is 0 Å². The van der Waals surface area contributed by atoms with E-state index >= 15 is 0 Å². The van der Waals surface area contributed by atoms with Crippen molar-refractivity contribution in [1.29, 1.82) is 0 Å². The Hall–Kier alpha value is -1.92. The molecule has 0 unspecified atom stereocenters. The van der Waals surface area contributed by atoms with E-state index in [1.54, 1.807) is 18.1 Å². The van der Waals surface area contributed by atoms with Crippen LogP contribution in [-0.4, -0.2) is 28.0 Å². The summed E-state index contributed by atoms with van der Waals surface area (Å²) in [6.45, 7) is 2.04. The van der Waals surface area contributed by atoms with Gasteiger partial charge in [0, 0.05) is 18.6 Å². The predicted octanol–water partition coefficient (Wildman–Crippen LogP) is 3.69. The number of likely N-dealkylation sites (N-methyl/N-ethyl adjacent to an activating group) is 1. The average molecular weight is 315 g/mol. The van der Waals surface area contributed by atoms with Gasteiger partial charge in [0.15, 0.2) is 5.17 Å². The topological polar surface area (TPSA) is 45.6 Å². The lowest BCUT2D eigenvalue weighted by Gasteiger charge is -2.05. The van der Waals surface area contributed by atoms with Crippen molar-refractivity contribution in [3.05, 3.63) is 51.9 Å². The Morgan fingerprint density at radius 2 is 2.05 bits per heavy atom. The predicted molar refractivity (Wildman–Crippen MR) is 88.7 cm³/mol. The van der Waals surface area contributed by atoms with Gasteiger partial charge in [-0.15, -0.1) is 11.3 Å². The molecule has 0 spiro atoms. The van der Waals surface area contributed by atoms with E-state index in [4.69, 9.17) is 0 Å². The third kappa shape index (κ3) is 3.06. The Kier molecular flexibility index (Phi) is 3.90. The minimum atomic E-state index is -0.0316. The number of thiazole rings is 1. The first kappa shape index (κ1) is 14.0. The lowest BCUT2D eigenvalue weighted by molar-refractivity contribution is -0.121. The fourth-order valence-electron chi connectivity index (χ4n) is 1.82. The molecule has 1 saturated heterocycles. The molecule has 0 saturated carbocycles. The van der Waals surface area contributed by atoms with Crippen molar-refractivity contribution >= 4 is 45.4 Å². The van der Waals surface area contributed by atoms with E-state index in [0.717, 1.165) is 5.56 Å². The molecule has 6 heteroatoms. The number of nitrogens with zero attached hydrogens (tertiary/aromatic N) is 3. The molecule has 21 heavy (non-hydrogen) atoms. The zero-order chi connectivity index (χ0) is 14.8. The zero-order valence-electron chi connectivity index (χ0n) is 11.6. The van der Waals surface area contributed by atoms with Gasteiger partial charge in [-0.1, -0.05) is 29.8 Å². The minimum absolute atomic E-state index is 0.0316. The largest absolute Gasteiger partial charge is 0.289 e. The van der Waals surface area contributed by atoms with Crippen LogP contribution in [0.3, 0.4) is 0 Å².